The van der Waals surface area contributed by atoms with Crippen LogP contribution >= 0.6 is 11.6 Å². The molecular formula is C18H27ClN6O. The van der Waals surface area contributed by atoms with Crippen LogP contribution in [0, 0.1) is 5.92 Å². The van der Waals surface area contributed by atoms with Crippen molar-refractivity contribution in [2.24, 2.45) is 5.92 Å². The van der Waals surface area contributed by atoms with Crippen LogP contribution in [0.3, 0.4) is 0 Å². The van der Waals surface area contributed by atoms with Crippen molar-refractivity contribution in [1.29, 1.82) is 0 Å². The lowest BCUT2D eigenvalue weighted by Gasteiger charge is -2.28. The molecule has 0 atom stereocenters. The van der Waals surface area contributed by atoms with Crippen molar-refractivity contribution in [3.8, 4) is 5.88 Å². The molecule has 0 radical (unpaired) electrons. The number of aromatic nitrogens is 4. The number of ether oxygens (including phenoxy) is 1. The highest BCUT2D eigenvalue weighted by molar-refractivity contribution is 6.31. The number of nitrogens with zero attached hydrogens (tertiary/aromatic N) is 4. The molecule has 142 valence electrons. The summed E-state index contributed by atoms with van der Waals surface area (Å²) in [6.45, 7) is 4.79. The van der Waals surface area contributed by atoms with E-state index in [9.17, 15) is 0 Å². The molecule has 2 aromatic heterocycles. The predicted molar refractivity (Wildman–Crippen MR) is 103 cm³/mol. The number of halogens is 1. The molecule has 1 aliphatic rings. The Balaban J connectivity index is 1.58. The fourth-order valence-corrected chi connectivity index (χ4v) is 3.29. The zero-order valence-electron chi connectivity index (χ0n) is 15.6. The first-order valence-corrected chi connectivity index (χ1v) is 9.56. The van der Waals surface area contributed by atoms with E-state index >= 15 is 0 Å². The van der Waals surface area contributed by atoms with Gasteiger partial charge in [-0.25, -0.2) is 4.98 Å². The maximum Gasteiger partial charge on any atom is 0.237 e. The summed E-state index contributed by atoms with van der Waals surface area (Å²) in [6.07, 6.45) is 9.93. The van der Waals surface area contributed by atoms with E-state index in [1.165, 1.54) is 12.8 Å². The van der Waals surface area contributed by atoms with Crippen molar-refractivity contribution in [2.75, 3.05) is 19.0 Å². The minimum absolute atomic E-state index is 0.300. The first-order chi connectivity index (χ1) is 12.5. The van der Waals surface area contributed by atoms with E-state index < -0.39 is 0 Å². The van der Waals surface area contributed by atoms with E-state index in [4.69, 9.17) is 16.3 Å². The number of rotatable bonds is 7. The predicted octanol–water partition coefficient (Wildman–Crippen LogP) is 3.81. The summed E-state index contributed by atoms with van der Waals surface area (Å²) < 4.78 is 7.77. The van der Waals surface area contributed by atoms with Gasteiger partial charge < -0.3 is 15.4 Å². The fraction of sp³-hybridized carbons (Fsp3) is 0.611. The molecule has 1 fully saturated rings. The van der Waals surface area contributed by atoms with E-state index in [0.29, 0.717) is 41.5 Å². The number of hydrogen-bond acceptors (Lipinski definition) is 6. The Hall–Kier alpha value is -1.86. The van der Waals surface area contributed by atoms with Crippen LogP contribution in [0.1, 0.15) is 45.6 Å². The normalized spacial score (nSPS) is 20.3. The summed E-state index contributed by atoms with van der Waals surface area (Å²) in [5.74, 6) is 1.43. The monoisotopic (exact) mass is 378 g/mol. The van der Waals surface area contributed by atoms with Crippen molar-refractivity contribution in [3.05, 3.63) is 23.6 Å². The number of nitrogens with one attached hydrogen (secondary N) is 2. The molecule has 0 spiro atoms. The van der Waals surface area contributed by atoms with Gasteiger partial charge in [0, 0.05) is 18.3 Å². The first kappa shape index (κ1) is 18.9. The van der Waals surface area contributed by atoms with E-state index in [-0.39, 0.29) is 0 Å². The number of hydrogen-bond donors (Lipinski definition) is 2. The van der Waals surface area contributed by atoms with Gasteiger partial charge in [-0.05, 0) is 52.5 Å². The topological polar surface area (TPSA) is 76.9 Å². The molecule has 0 aliphatic heterocycles. The zero-order valence-corrected chi connectivity index (χ0v) is 16.3. The van der Waals surface area contributed by atoms with Gasteiger partial charge in [0.05, 0.1) is 24.7 Å². The van der Waals surface area contributed by atoms with Crippen LogP contribution in [-0.2, 0) is 0 Å². The molecule has 2 N–H and O–H groups in total. The van der Waals surface area contributed by atoms with Crippen molar-refractivity contribution in [2.45, 2.75) is 51.6 Å². The Bertz CT molecular complexity index is 711. The van der Waals surface area contributed by atoms with Crippen LogP contribution in [0.5, 0.6) is 5.88 Å². The van der Waals surface area contributed by atoms with Gasteiger partial charge in [0.15, 0.2) is 0 Å². The van der Waals surface area contributed by atoms with E-state index in [0.717, 1.165) is 18.5 Å². The first-order valence-electron chi connectivity index (χ1n) is 9.19. The molecule has 26 heavy (non-hydrogen) atoms. The van der Waals surface area contributed by atoms with E-state index in [1.54, 1.807) is 12.4 Å². The van der Waals surface area contributed by atoms with Gasteiger partial charge in [-0.15, -0.1) is 0 Å². The third-order valence-electron chi connectivity index (χ3n) is 4.81. The Morgan fingerprint density at radius 1 is 1.27 bits per heavy atom. The van der Waals surface area contributed by atoms with Crippen LogP contribution < -0.4 is 15.4 Å². The van der Waals surface area contributed by atoms with Gasteiger partial charge in [-0.2, -0.15) is 10.1 Å². The Kier molecular flexibility index (Phi) is 6.32. The summed E-state index contributed by atoms with van der Waals surface area (Å²) >= 11 is 6.20. The van der Waals surface area contributed by atoms with Crippen molar-refractivity contribution in [3.63, 3.8) is 0 Å². The molecule has 8 heteroatoms. The molecule has 3 rings (SSSR count). The molecule has 7 nitrogen and oxygen atoms in total. The molecule has 2 aromatic rings. The maximum atomic E-state index is 6.20. The summed E-state index contributed by atoms with van der Waals surface area (Å²) in [6, 6.07) is 0.935. The van der Waals surface area contributed by atoms with Gasteiger partial charge in [0.1, 0.15) is 5.02 Å². The smallest absolute Gasteiger partial charge is 0.237 e. The van der Waals surface area contributed by atoms with Crippen molar-refractivity contribution >= 4 is 23.2 Å². The fourth-order valence-electron chi connectivity index (χ4n) is 3.14. The lowest BCUT2D eigenvalue weighted by molar-refractivity contribution is 0.189. The van der Waals surface area contributed by atoms with Crippen molar-refractivity contribution < 1.29 is 4.74 Å². The van der Waals surface area contributed by atoms with Crippen LogP contribution in [0.2, 0.25) is 5.02 Å². The Labute approximate surface area is 159 Å². The quantitative estimate of drug-likeness (QED) is 0.762. The van der Waals surface area contributed by atoms with Gasteiger partial charge in [-0.1, -0.05) is 11.6 Å². The second-order valence-electron chi connectivity index (χ2n) is 7.09. The Morgan fingerprint density at radius 2 is 2.04 bits per heavy atom. The summed E-state index contributed by atoms with van der Waals surface area (Å²) in [7, 11) is 2.03. The van der Waals surface area contributed by atoms with Crippen LogP contribution in [-0.4, -0.2) is 39.4 Å². The maximum absolute atomic E-state index is 6.20. The van der Waals surface area contributed by atoms with Gasteiger partial charge in [0.2, 0.25) is 11.8 Å². The largest absolute Gasteiger partial charge is 0.476 e. The molecule has 0 saturated heterocycles. The molecule has 0 unspecified atom stereocenters. The number of anilines is 2. The molecular weight excluding hydrogens is 352 g/mol. The summed E-state index contributed by atoms with van der Waals surface area (Å²) in [5, 5.41) is 11.2. The Morgan fingerprint density at radius 3 is 2.69 bits per heavy atom. The minimum Gasteiger partial charge on any atom is -0.476 e. The molecule has 2 heterocycles. The average molecular weight is 379 g/mol. The van der Waals surface area contributed by atoms with Crippen LogP contribution in [0.4, 0.5) is 11.6 Å². The van der Waals surface area contributed by atoms with Gasteiger partial charge >= 0.3 is 0 Å². The molecule has 0 bridgehead atoms. The second-order valence-corrected chi connectivity index (χ2v) is 7.50. The van der Waals surface area contributed by atoms with Crippen LogP contribution in [0.15, 0.2) is 18.6 Å². The minimum atomic E-state index is 0.300. The highest BCUT2D eigenvalue weighted by atomic mass is 35.5. The lowest BCUT2D eigenvalue weighted by Crippen LogP contribution is -2.31. The molecule has 0 amide bonds. The standard InChI is InChI=1S/C18H27ClN6O/c1-12(2)25-10-15(8-22-25)23-18-21-9-16(19)17(24-18)26-11-13-4-6-14(20-3)7-5-13/h8-10,12-14,20H,4-7,11H2,1-3H3,(H,21,23,24). The van der Waals surface area contributed by atoms with E-state index in [2.05, 4.69) is 39.5 Å². The lowest BCUT2D eigenvalue weighted by atomic mass is 9.87. The molecule has 0 aromatic carbocycles. The van der Waals surface area contributed by atoms with Crippen molar-refractivity contribution in [1.82, 2.24) is 25.1 Å². The highest BCUT2D eigenvalue weighted by Crippen LogP contribution is 2.28. The van der Waals surface area contributed by atoms with Gasteiger partial charge in [0.25, 0.3) is 0 Å². The van der Waals surface area contributed by atoms with Crippen LogP contribution in [0.25, 0.3) is 0 Å². The molecule has 1 aliphatic carbocycles. The van der Waals surface area contributed by atoms with Gasteiger partial charge in [-0.3, -0.25) is 4.68 Å². The summed E-state index contributed by atoms with van der Waals surface area (Å²) in [5.41, 5.74) is 0.831. The zero-order chi connectivity index (χ0) is 18.5. The summed E-state index contributed by atoms with van der Waals surface area (Å²) in [4.78, 5) is 8.64. The van der Waals surface area contributed by atoms with E-state index in [1.807, 2.05) is 17.9 Å². The third-order valence-corrected chi connectivity index (χ3v) is 5.07. The SMILES string of the molecule is CNC1CCC(COc2nc(Nc3cnn(C(C)C)c3)ncc2Cl)CC1. The second kappa shape index (κ2) is 8.68. The third kappa shape index (κ3) is 4.86. The molecule has 1 saturated carbocycles. The highest BCUT2D eigenvalue weighted by Gasteiger charge is 2.21. The average Bonchev–Trinajstić information content (AvgIpc) is 3.11.